The zero-order chi connectivity index (χ0) is 95.3. The predicted molar refractivity (Wildman–Crippen MR) is 609 cm³/mol. The van der Waals surface area contributed by atoms with Gasteiger partial charge in [-0.3, -0.25) is 15.0 Å². The molecule has 31 aromatic rings. The van der Waals surface area contributed by atoms with E-state index in [9.17, 15) is 0 Å². The molecule has 0 radical (unpaired) electrons. The van der Waals surface area contributed by atoms with Crippen LogP contribution in [0.15, 0.2) is 504 Å². The molecule has 31 rings (SSSR count). The Morgan fingerprint density at radius 1 is 0.138 bits per heavy atom. The molecule has 0 spiro atoms. The first-order chi connectivity index (χ1) is 72.0. The maximum absolute atomic E-state index is 5.23. The van der Waals surface area contributed by atoms with Crippen LogP contribution in [0.4, 0.5) is 0 Å². The van der Waals surface area contributed by atoms with Gasteiger partial charge >= 0.3 is 0 Å². The first-order valence-corrected chi connectivity index (χ1v) is 49.4. The van der Waals surface area contributed by atoms with Crippen LogP contribution in [-0.2, 0) is 0 Å². The molecular formula is C136H83N9. The van der Waals surface area contributed by atoms with Crippen LogP contribution in [0.5, 0.6) is 0 Å². The van der Waals surface area contributed by atoms with Gasteiger partial charge in [-0.15, -0.1) is 0 Å². The first-order valence-electron chi connectivity index (χ1n) is 49.4. The monoisotopic (exact) mass is 1840 g/mol. The average Bonchev–Trinajstić information content (AvgIpc) is 1.70. The third-order valence-electron chi connectivity index (χ3n) is 29.8. The van der Waals surface area contributed by atoms with Gasteiger partial charge in [0.05, 0.1) is 82.8 Å². The summed E-state index contributed by atoms with van der Waals surface area (Å²) in [7, 11) is 0. The molecule has 9 aromatic heterocycles. The standard InChI is InChI=1S/C48H29N3.2C44H27N3/c1-3-20-37-35(18-1)44(31-13-11-15-32(29-31)51-42-24-9-6-16-33(42)34-17-7-10-25-43(34)51)36-19-2-4-21-38(36)45(37)46-39-22-5-8-23-41(39)50-48-40(46)27-26-30-14-12-28-49-47(30)48;1-4-15-39-37(14-1)42(38-23-22-28-10-8-24-45-43(28)44(38)46-39)33-21-20-31-25-30(18-19-32(31)26-33)29-9-7-11-34(27-29)47-40-16-5-2-12-35(40)36-13-3-6-17-41(36)47;1-2-15-33-32(14-1)31(29-11-9-13-30(27-29)47-40-20-7-4-16-34(40)35-17-5-8-21-41(35)47)24-25-36(33)42-37-18-3-6-19-39(37)46-44-38(42)23-22-28-12-10-26-45-43(28)44/h1-29H;2*1-27H. The number of benzene rings is 22. The minimum atomic E-state index is 0.925. The molecule has 9 nitrogen and oxygen atoms in total. The second-order valence-electron chi connectivity index (χ2n) is 37.7. The molecule has 0 amide bonds. The highest BCUT2D eigenvalue weighted by molar-refractivity contribution is 6.29. The Morgan fingerprint density at radius 3 is 0.834 bits per heavy atom. The molecule has 0 N–H and O–H groups in total. The Kier molecular flexibility index (Phi) is 19.2. The lowest BCUT2D eigenvalue weighted by Gasteiger charge is -2.20. The summed E-state index contributed by atoms with van der Waals surface area (Å²) < 4.78 is 7.17. The lowest BCUT2D eigenvalue weighted by atomic mass is 9.84. The van der Waals surface area contributed by atoms with Crippen LogP contribution in [0, 0.1) is 0 Å². The Morgan fingerprint density at radius 2 is 0.407 bits per heavy atom. The quantitative estimate of drug-likeness (QED) is 0.106. The lowest BCUT2D eigenvalue weighted by Crippen LogP contribution is -1.96. The zero-order valence-corrected chi connectivity index (χ0v) is 78.4. The van der Waals surface area contributed by atoms with Gasteiger partial charge in [0.15, 0.2) is 0 Å². The molecule has 22 aromatic carbocycles. The molecule has 145 heavy (non-hydrogen) atoms. The summed E-state index contributed by atoms with van der Waals surface area (Å²) >= 11 is 0. The van der Waals surface area contributed by atoms with Gasteiger partial charge in [0.1, 0.15) is 0 Å². The van der Waals surface area contributed by atoms with E-state index < -0.39 is 0 Å². The van der Waals surface area contributed by atoms with Gasteiger partial charge in [-0.25, -0.2) is 15.0 Å². The van der Waals surface area contributed by atoms with E-state index in [1.165, 1.54) is 175 Å². The fraction of sp³-hybridized carbons (Fsp3) is 0. The third kappa shape index (κ3) is 13.4. The average molecular weight is 1840 g/mol. The van der Waals surface area contributed by atoms with Gasteiger partial charge in [0.2, 0.25) is 0 Å². The van der Waals surface area contributed by atoms with E-state index in [0.717, 1.165) is 115 Å². The molecule has 0 unspecified atom stereocenters. The molecule has 0 saturated carbocycles. The van der Waals surface area contributed by atoms with E-state index in [4.69, 9.17) is 29.9 Å². The summed E-state index contributed by atoms with van der Waals surface area (Å²) in [4.78, 5) is 29.8. The molecule has 0 fully saturated rings. The fourth-order valence-corrected chi connectivity index (χ4v) is 23.4. The van der Waals surface area contributed by atoms with E-state index in [1.807, 2.05) is 36.8 Å². The van der Waals surface area contributed by atoms with Crippen molar-refractivity contribution in [2.75, 3.05) is 0 Å². The minimum Gasteiger partial charge on any atom is -0.309 e. The van der Waals surface area contributed by atoms with Crippen LogP contribution < -0.4 is 0 Å². The van der Waals surface area contributed by atoms with Crippen LogP contribution in [0.25, 0.3) is 290 Å². The van der Waals surface area contributed by atoms with Gasteiger partial charge in [-0.2, -0.15) is 0 Å². The van der Waals surface area contributed by atoms with E-state index in [0.29, 0.717) is 0 Å². The van der Waals surface area contributed by atoms with Crippen molar-refractivity contribution in [2.24, 2.45) is 0 Å². The number of fused-ring (bicyclic) bond motifs is 25. The van der Waals surface area contributed by atoms with Gasteiger partial charge in [-0.05, 0) is 214 Å². The van der Waals surface area contributed by atoms with Crippen LogP contribution in [0.3, 0.4) is 0 Å². The number of pyridine rings is 6. The highest BCUT2D eigenvalue weighted by Crippen LogP contribution is 2.51. The highest BCUT2D eigenvalue weighted by Gasteiger charge is 2.27. The Bertz CT molecular complexity index is 10700. The Hall–Kier alpha value is -19.5. The molecule has 0 atom stereocenters. The van der Waals surface area contributed by atoms with Crippen molar-refractivity contribution in [3.05, 3.63) is 504 Å². The van der Waals surface area contributed by atoms with Crippen molar-refractivity contribution in [1.29, 1.82) is 0 Å². The van der Waals surface area contributed by atoms with Crippen LogP contribution in [-0.4, -0.2) is 43.6 Å². The van der Waals surface area contributed by atoms with Gasteiger partial charge in [0, 0.05) is 133 Å². The number of para-hydroxylation sites is 9. The predicted octanol–water partition coefficient (Wildman–Crippen LogP) is 35.7. The molecule has 672 valence electrons. The fourth-order valence-electron chi connectivity index (χ4n) is 23.4. The molecule has 0 saturated heterocycles. The second-order valence-corrected chi connectivity index (χ2v) is 37.7. The summed E-state index contributed by atoms with van der Waals surface area (Å²) in [6, 6.07) is 175. The van der Waals surface area contributed by atoms with Crippen molar-refractivity contribution in [1.82, 2.24) is 43.6 Å². The molecule has 0 bridgehead atoms. The van der Waals surface area contributed by atoms with Crippen molar-refractivity contribution in [2.45, 2.75) is 0 Å². The summed E-state index contributed by atoms with van der Waals surface area (Å²) in [6.07, 6.45) is 5.58. The zero-order valence-electron chi connectivity index (χ0n) is 78.4. The van der Waals surface area contributed by atoms with Crippen LogP contribution >= 0.6 is 0 Å². The molecule has 0 aliphatic heterocycles. The third-order valence-corrected chi connectivity index (χ3v) is 29.8. The Labute approximate surface area is 832 Å². The van der Waals surface area contributed by atoms with Crippen molar-refractivity contribution >= 4 is 207 Å². The summed E-state index contributed by atoms with van der Waals surface area (Å²) in [6.45, 7) is 0. The lowest BCUT2D eigenvalue weighted by molar-refractivity contribution is 1.18. The summed E-state index contributed by atoms with van der Waals surface area (Å²) in [5.41, 5.74) is 33.7. The summed E-state index contributed by atoms with van der Waals surface area (Å²) in [5.74, 6) is 0. The molecule has 0 aliphatic rings. The molecular weight excluding hydrogens is 1760 g/mol. The number of aromatic nitrogens is 9. The van der Waals surface area contributed by atoms with Crippen LogP contribution in [0.1, 0.15) is 0 Å². The first kappa shape index (κ1) is 82.6. The Balaban J connectivity index is 0.000000103. The number of rotatable bonds is 9. The largest absolute Gasteiger partial charge is 0.309 e. The minimum absolute atomic E-state index is 0.925. The maximum atomic E-state index is 5.23. The molecule has 9 heterocycles. The van der Waals surface area contributed by atoms with E-state index in [2.05, 4.69) is 481 Å². The van der Waals surface area contributed by atoms with Crippen molar-refractivity contribution < 1.29 is 0 Å². The number of hydrogen-bond acceptors (Lipinski definition) is 6. The van der Waals surface area contributed by atoms with E-state index >= 15 is 0 Å². The summed E-state index contributed by atoms with van der Waals surface area (Å²) in [5, 5.41) is 27.4. The second kappa shape index (κ2) is 33.7. The molecule has 0 aliphatic carbocycles. The topological polar surface area (TPSA) is 92.1 Å². The number of hydrogen-bond donors (Lipinski definition) is 0. The van der Waals surface area contributed by atoms with Crippen LogP contribution in [0.2, 0.25) is 0 Å². The number of nitrogens with zero attached hydrogens (tertiary/aromatic N) is 9. The molecule has 9 heteroatoms. The highest BCUT2D eigenvalue weighted by atomic mass is 15.0. The van der Waals surface area contributed by atoms with E-state index in [-0.39, 0.29) is 0 Å². The SMILES string of the molecule is c1cc(-c2c3ccccc3c(-c3c4ccccc4nc4c3ccc3cccnc34)c3ccccc23)cc(-n2c3ccccc3c3ccccc32)c1.c1cc(-c2ccc(-c3c4ccccc4nc4c3ccc3cccnc34)c3ccccc23)cc(-n2c3ccccc3c3ccccc32)c1.c1cc(-c2ccc3cc(-c4c5ccccc5nc5c4ccc4cccnc45)ccc3c2)cc(-n2c3ccccc3c3ccccc32)c1. The maximum Gasteiger partial charge on any atom is 0.0978 e. The van der Waals surface area contributed by atoms with Gasteiger partial charge in [0.25, 0.3) is 0 Å². The van der Waals surface area contributed by atoms with Crippen molar-refractivity contribution in [3.63, 3.8) is 0 Å². The van der Waals surface area contributed by atoms with Crippen molar-refractivity contribution in [3.8, 4) is 83.8 Å². The smallest absolute Gasteiger partial charge is 0.0978 e. The van der Waals surface area contributed by atoms with Gasteiger partial charge < -0.3 is 13.7 Å². The van der Waals surface area contributed by atoms with E-state index in [1.54, 1.807) is 0 Å². The normalized spacial score (nSPS) is 11.9. The van der Waals surface area contributed by atoms with Gasteiger partial charge in [-0.1, -0.05) is 364 Å².